The number of aromatic nitrogens is 2. The van der Waals surface area contributed by atoms with Gasteiger partial charge < -0.3 is 10.3 Å². The summed E-state index contributed by atoms with van der Waals surface area (Å²) < 4.78 is 15.1. The van der Waals surface area contributed by atoms with Gasteiger partial charge in [-0.05, 0) is 24.1 Å². The minimum Gasteiger partial charge on any atom is -0.331 e. The Morgan fingerprint density at radius 2 is 2.12 bits per heavy atom. The maximum absolute atomic E-state index is 13.2. The number of rotatable bonds is 3. The molecule has 2 N–H and O–H groups in total. The molecule has 0 spiro atoms. The molecule has 2 aromatic rings. The summed E-state index contributed by atoms with van der Waals surface area (Å²) in [6, 6.07) is 4.66. The largest absolute Gasteiger partial charge is 0.331 e. The van der Waals surface area contributed by atoms with Gasteiger partial charge in [-0.1, -0.05) is 13.8 Å². The van der Waals surface area contributed by atoms with Crippen LogP contribution in [0, 0.1) is 11.7 Å². The van der Waals surface area contributed by atoms with Crippen LogP contribution >= 0.6 is 0 Å². The van der Waals surface area contributed by atoms with Gasteiger partial charge in [-0.25, -0.2) is 9.37 Å². The zero-order chi connectivity index (χ0) is 12.6. The van der Waals surface area contributed by atoms with Crippen LogP contribution in [0.25, 0.3) is 11.0 Å². The van der Waals surface area contributed by atoms with E-state index in [9.17, 15) is 4.39 Å². The number of nitrogens with two attached hydrogens (primary N) is 1. The van der Waals surface area contributed by atoms with E-state index in [0.717, 1.165) is 16.9 Å². The first-order valence-electron chi connectivity index (χ1n) is 5.86. The fraction of sp³-hybridized carbons (Fsp3) is 0.462. The van der Waals surface area contributed by atoms with E-state index in [1.165, 1.54) is 12.1 Å². The topological polar surface area (TPSA) is 43.8 Å². The number of fused-ring (bicyclic) bond motifs is 1. The highest BCUT2D eigenvalue weighted by Gasteiger charge is 2.20. The van der Waals surface area contributed by atoms with Crippen LogP contribution in [0.4, 0.5) is 4.39 Å². The van der Waals surface area contributed by atoms with Crippen molar-refractivity contribution in [2.24, 2.45) is 18.7 Å². The quantitative estimate of drug-likeness (QED) is 0.887. The third kappa shape index (κ3) is 2.05. The normalized spacial score (nSPS) is 13.5. The maximum atomic E-state index is 13.2. The Hall–Kier alpha value is -1.42. The molecule has 0 aliphatic heterocycles. The molecular formula is C13H18FN3. The van der Waals surface area contributed by atoms with Crippen LogP contribution in [0.5, 0.6) is 0 Å². The summed E-state index contributed by atoms with van der Waals surface area (Å²) in [6.07, 6.45) is 0. The first-order chi connectivity index (χ1) is 8.04. The van der Waals surface area contributed by atoms with Gasteiger partial charge in [-0.3, -0.25) is 0 Å². The second-order valence-corrected chi connectivity index (χ2v) is 4.75. The summed E-state index contributed by atoms with van der Waals surface area (Å²) in [6.45, 7) is 4.80. The molecule has 1 aromatic heterocycles. The average Bonchev–Trinajstić information content (AvgIpc) is 2.58. The number of halogens is 1. The molecule has 1 atom stereocenters. The molecule has 1 heterocycles. The SMILES string of the molecule is CC(C)C(CN)c1nc2ccc(F)cc2n1C. The maximum Gasteiger partial charge on any atom is 0.125 e. The standard InChI is InChI=1S/C13H18FN3/c1-8(2)10(7-15)13-16-11-5-4-9(14)6-12(11)17(13)3/h4-6,8,10H,7,15H2,1-3H3. The molecule has 0 saturated carbocycles. The minimum absolute atomic E-state index is 0.204. The molecule has 92 valence electrons. The van der Waals surface area contributed by atoms with Crippen molar-refractivity contribution >= 4 is 11.0 Å². The van der Waals surface area contributed by atoms with Gasteiger partial charge in [0.15, 0.2) is 0 Å². The fourth-order valence-electron chi connectivity index (χ4n) is 2.19. The number of benzene rings is 1. The van der Waals surface area contributed by atoms with E-state index in [2.05, 4.69) is 18.8 Å². The van der Waals surface area contributed by atoms with E-state index >= 15 is 0 Å². The molecule has 0 amide bonds. The summed E-state index contributed by atoms with van der Waals surface area (Å²) >= 11 is 0. The van der Waals surface area contributed by atoms with Crippen LogP contribution in [0.15, 0.2) is 18.2 Å². The first-order valence-corrected chi connectivity index (χ1v) is 5.86. The molecule has 0 radical (unpaired) electrons. The monoisotopic (exact) mass is 235 g/mol. The Balaban J connectivity index is 2.59. The van der Waals surface area contributed by atoms with E-state index in [1.54, 1.807) is 6.07 Å². The Morgan fingerprint density at radius 1 is 1.41 bits per heavy atom. The molecule has 17 heavy (non-hydrogen) atoms. The zero-order valence-electron chi connectivity index (χ0n) is 10.4. The van der Waals surface area contributed by atoms with Gasteiger partial charge in [-0.2, -0.15) is 0 Å². The molecule has 0 fully saturated rings. The lowest BCUT2D eigenvalue weighted by atomic mass is 9.95. The number of hydrogen-bond donors (Lipinski definition) is 1. The highest BCUT2D eigenvalue weighted by atomic mass is 19.1. The number of aryl methyl sites for hydroxylation is 1. The van der Waals surface area contributed by atoms with Gasteiger partial charge in [0.25, 0.3) is 0 Å². The fourth-order valence-corrected chi connectivity index (χ4v) is 2.19. The lowest BCUT2D eigenvalue weighted by Gasteiger charge is -2.18. The van der Waals surface area contributed by atoms with Crippen molar-refractivity contribution < 1.29 is 4.39 Å². The summed E-state index contributed by atoms with van der Waals surface area (Å²) in [4.78, 5) is 4.56. The van der Waals surface area contributed by atoms with Crippen molar-refractivity contribution in [3.8, 4) is 0 Å². The van der Waals surface area contributed by atoms with Crippen LogP contribution in [-0.2, 0) is 7.05 Å². The summed E-state index contributed by atoms with van der Waals surface area (Å²) in [5.41, 5.74) is 7.44. The van der Waals surface area contributed by atoms with Crippen LogP contribution in [-0.4, -0.2) is 16.1 Å². The minimum atomic E-state index is -0.235. The van der Waals surface area contributed by atoms with E-state index in [0.29, 0.717) is 12.5 Å². The molecule has 0 aliphatic carbocycles. The molecule has 4 heteroatoms. The number of hydrogen-bond acceptors (Lipinski definition) is 2. The molecule has 0 aliphatic rings. The molecule has 3 nitrogen and oxygen atoms in total. The van der Waals surface area contributed by atoms with Crippen molar-refractivity contribution in [1.82, 2.24) is 9.55 Å². The molecule has 2 rings (SSSR count). The van der Waals surface area contributed by atoms with Crippen molar-refractivity contribution in [1.29, 1.82) is 0 Å². The molecule has 1 aromatic carbocycles. The van der Waals surface area contributed by atoms with Crippen molar-refractivity contribution in [3.63, 3.8) is 0 Å². The predicted molar refractivity (Wildman–Crippen MR) is 67.3 cm³/mol. The van der Waals surface area contributed by atoms with Crippen LogP contribution in [0.2, 0.25) is 0 Å². The first kappa shape index (κ1) is 12.0. The predicted octanol–water partition coefficient (Wildman–Crippen LogP) is 2.41. The van der Waals surface area contributed by atoms with Crippen molar-refractivity contribution in [3.05, 3.63) is 29.8 Å². The number of imidazole rings is 1. The van der Waals surface area contributed by atoms with Crippen molar-refractivity contribution in [2.75, 3.05) is 6.54 Å². The van der Waals surface area contributed by atoms with Gasteiger partial charge >= 0.3 is 0 Å². The van der Waals surface area contributed by atoms with Crippen LogP contribution in [0.1, 0.15) is 25.6 Å². The summed E-state index contributed by atoms with van der Waals surface area (Å²) in [7, 11) is 1.91. The lowest BCUT2D eigenvalue weighted by molar-refractivity contribution is 0.474. The Kier molecular flexibility index (Phi) is 3.15. The van der Waals surface area contributed by atoms with E-state index in [1.807, 2.05) is 11.6 Å². The summed E-state index contributed by atoms with van der Waals surface area (Å²) in [5.74, 6) is 1.32. The average molecular weight is 235 g/mol. The number of nitrogens with zero attached hydrogens (tertiary/aromatic N) is 2. The molecule has 0 bridgehead atoms. The summed E-state index contributed by atoms with van der Waals surface area (Å²) in [5, 5.41) is 0. The molecule has 0 saturated heterocycles. The highest BCUT2D eigenvalue weighted by molar-refractivity contribution is 5.76. The Bertz CT molecular complexity index is 531. The van der Waals surface area contributed by atoms with Crippen LogP contribution in [0.3, 0.4) is 0 Å². The van der Waals surface area contributed by atoms with E-state index < -0.39 is 0 Å². The molecule has 1 unspecified atom stereocenters. The van der Waals surface area contributed by atoms with Gasteiger partial charge in [0.1, 0.15) is 11.6 Å². The van der Waals surface area contributed by atoms with Gasteiger partial charge in [-0.15, -0.1) is 0 Å². The van der Waals surface area contributed by atoms with Crippen molar-refractivity contribution in [2.45, 2.75) is 19.8 Å². The second kappa shape index (κ2) is 4.45. The van der Waals surface area contributed by atoms with Crippen LogP contribution < -0.4 is 5.73 Å². The van der Waals surface area contributed by atoms with Gasteiger partial charge in [0, 0.05) is 19.5 Å². The smallest absolute Gasteiger partial charge is 0.125 e. The Labute approximate surface area is 100 Å². The highest BCUT2D eigenvalue weighted by Crippen LogP contribution is 2.26. The van der Waals surface area contributed by atoms with Gasteiger partial charge in [0.2, 0.25) is 0 Å². The lowest BCUT2D eigenvalue weighted by Crippen LogP contribution is -2.21. The van der Waals surface area contributed by atoms with E-state index in [4.69, 9.17) is 5.73 Å². The third-order valence-corrected chi connectivity index (χ3v) is 3.27. The Morgan fingerprint density at radius 3 is 2.71 bits per heavy atom. The van der Waals surface area contributed by atoms with E-state index in [-0.39, 0.29) is 11.7 Å². The van der Waals surface area contributed by atoms with Gasteiger partial charge in [0.05, 0.1) is 11.0 Å². The second-order valence-electron chi connectivity index (χ2n) is 4.75. The molecular weight excluding hydrogens is 217 g/mol. The zero-order valence-corrected chi connectivity index (χ0v) is 10.4. The third-order valence-electron chi connectivity index (χ3n) is 3.27.